The second-order valence-electron chi connectivity index (χ2n) is 8.38. The minimum Gasteiger partial charge on any atom is -0.497 e. The SMILES string of the molecule is COc1ccc(N2C(=O)N[C@@H](CC(=O)NC[C@@H]3CCCN4CCCC[C@H]34)C2=O)cc1. The van der Waals surface area contributed by atoms with Crippen LogP contribution in [0.2, 0.25) is 0 Å². The van der Waals surface area contributed by atoms with Crippen molar-refractivity contribution < 1.29 is 19.1 Å². The first-order chi connectivity index (χ1) is 14.6. The van der Waals surface area contributed by atoms with Crippen molar-refractivity contribution in [2.45, 2.75) is 50.6 Å². The van der Waals surface area contributed by atoms with Gasteiger partial charge in [0.15, 0.2) is 0 Å². The van der Waals surface area contributed by atoms with E-state index in [1.165, 1.54) is 38.8 Å². The summed E-state index contributed by atoms with van der Waals surface area (Å²) in [5.41, 5.74) is 0.459. The second kappa shape index (κ2) is 9.04. The first-order valence-electron chi connectivity index (χ1n) is 10.9. The zero-order chi connectivity index (χ0) is 21.1. The number of rotatable bonds is 6. The predicted octanol–water partition coefficient (Wildman–Crippen LogP) is 1.89. The fraction of sp³-hybridized carbons (Fsp3) is 0.591. The number of imide groups is 1. The zero-order valence-corrected chi connectivity index (χ0v) is 17.4. The molecule has 0 saturated carbocycles. The van der Waals surface area contributed by atoms with Crippen LogP contribution in [0.4, 0.5) is 10.5 Å². The van der Waals surface area contributed by atoms with Gasteiger partial charge in [0.05, 0.1) is 19.2 Å². The van der Waals surface area contributed by atoms with E-state index < -0.39 is 18.0 Å². The summed E-state index contributed by atoms with van der Waals surface area (Å²) in [5, 5.41) is 5.65. The molecule has 4 amide bonds. The van der Waals surface area contributed by atoms with Crippen LogP contribution in [0, 0.1) is 5.92 Å². The van der Waals surface area contributed by atoms with Gasteiger partial charge in [-0.1, -0.05) is 6.42 Å². The third-order valence-corrected chi connectivity index (χ3v) is 6.53. The van der Waals surface area contributed by atoms with E-state index in [0.29, 0.717) is 29.9 Å². The normalized spacial score (nSPS) is 26.8. The van der Waals surface area contributed by atoms with Crippen molar-refractivity contribution in [2.75, 3.05) is 31.6 Å². The number of ether oxygens (including phenoxy) is 1. The maximum Gasteiger partial charge on any atom is 0.329 e. The van der Waals surface area contributed by atoms with Crippen LogP contribution in [-0.2, 0) is 9.59 Å². The topological polar surface area (TPSA) is 91.0 Å². The summed E-state index contributed by atoms with van der Waals surface area (Å²) in [7, 11) is 1.55. The van der Waals surface area contributed by atoms with Gasteiger partial charge in [0.2, 0.25) is 5.91 Å². The summed E-state index contributed by atoms with van der Waals surface area (Å²) < 4.78 is 5.11. The second-order valence-corrected chi connectivity index (χ2v) is 8.38. The number of methoxy groups -OCH3 is 1. The number of piperidine rings is 2. The van der Waals surface area contributed by atoms with Gasteiger partial charge in [0.25, 0.3) is 5.91 Å². The number of benzene rings is 1. The minimum atomic E-state index is -0.836. The molecule has 162 valence electrons. The first-order valence-corrected chi connectivity index (χ1v) is 10.9. The molecule has 2 N–H and O–H groups in total. The summed E-state index contributed by atoms with van der Waals surface area (Å²) >= 11 is 0. The summed E-state index contributed by atoms with van der Waals surface area (Å²) in [5.74, 6) is 0.503. The molecule has 8 heteroatoms. The average molecular weight is 415 g/mol. The Balaban J connectivity index is 1.31. The fourth-order valence-electron chi connectivity index (χ4n) is 4.96. The van der Waals surface area contributed by atoms with Gasteiger partial charge in [-0.15, -0.1) is 0 Å². The standard InChI is InChI=1S/C22H30N4O4/c1-30-17-9-7-16(8-10-17)26-21(28)18(24-22(26)29)13-20(27)23-14-15-5-4-12-25-11-3-2-6-19(15)25/h7-10,15,18-19H,2-6,11-14H2,1H3,(H,23,27)(H,24,29)/t15-,18-,19+/m0/s1. The van der Waals surface area contributed by atoms with E-state index in [0.717, 1.165) is 11.3 Å². The molecule has 3 aliphatic heterocycles. The highest BCUT2D eigenvalue weighted by Gasteiger charge is 2.40. The number of urea groups is 1. The molecular weight excluding hydrogens is 384 g/mol. The Hall–Kier alpha value is -2.61. The molecule has 3 saturated heterocycles. The Labute approximate surface area is 176 Å². The zero-order valence-electron chi connectivity index (χ0n) is 17.4. The van der Waals surface area contributed by atoms with Gasteiger partial charge >= 0.3 is 6.03 Å². The third kappa shape index (κ3) is 4.28. The minimum absolute atomic E-state index is 0.0433. The van der Waals surface area contributed by atoms with Gasteiger partial charge in [0, 0.05) is 12.6 Å². The Morgan fingerprint density at radius 2 is 1.90 bits per heavy atom. The molecule has 0 spiro atoms. The lowest BCUT2D eigenvalue weighted by atomic mass is 9.83. The molecule has 3 heterocycles. The molecule has 0 aromatic heterocycles. The van der Waals surface area contributed by atoms with Crippen molar-refractivity contribution in [3.8, 4) is 5.75 Å². The van der Waals surface area contributed by atoms with Crippen LogP contribution in [0.5, 0.6) is 5.75 Å². The lowest BCUT2D eigenvalue weighted by Crippen LogP contribution is -2.51. The first kappa shape index (κ1) is 20.7. The Kier molecular flexibility index (Phi) is 6.22. The van der Waals surface area contributed by atoms with Crippen molar-refractivity contribution >= 4 is 23.5 Å². The van der Waals surface area contributed by atoms with Crippen molar-refractivity contribution in [2.24, 2.45) is 5.92 Å². The number of amides is 4. The highest BCUT2D eigenvalue weighted by Crippen LogP contribution is 2.30. The number of carbonyl (C=O) groups excluding carboxylic acids is 3. The smallest absolute Gasteiger partial charge is 0.329 e. The molecule has 0 radical (unpaired) electrons. The van der Waals surface area contributed by atoms with Gasteiger partial charge in [-0.2, -0.15) is 0 Å². The Bertz CT molecular complexity index is 795. The molecule has 1 aromatic rings. The van der Waals surface area contributed by atoms with Crippen molar-refractivity contribution in [3.63, 3.8) is 0 Å². The van der Waals surface area contributed by atoms with Crippen LogP contribution in [0.25, 0.3) is 0 Å². The summed E-state index contributed by atoms with van der Waals surface area (Å²) in [6.45, 7) is 2.97. The number of anilines is 1. The van der Waals surface area contributed by atoms with Gasteiger partial charge in [-0.05, 0) is 69.0 Å². The monoisotopic (exact) mass is 414 g/mol. The quantitative estimate of drug-likeness (QED) is 0.694. The Morgan fingerprint density at radius 1 is 1.13 bits per heavy atom. The van der Waals surface area contributed by atoms with E-state index in [-0.39, 0.29) is 12.3 Å². The molecule has 4 rings (SSSR count). The van der Waals surface area contributed by atoms with E-state index in [9.17, 15) is 14.4 Å². The van der Waals surface area contributed by atoms with E-state index in [4.69, 9.17) is 4.74 Å². The van der Waals surface area contributed by atoms with Crippen molar-refractivity contribution in [1.29, 1.82) is 0 Å². The highest BCUT2D eigenvalue weighted by molar-refractivity contribution is 6.22. The molecule has 0 aliphatic carbocycles. The number of fused-ring (bicyclic) bond motifs is 1. The summed E-state index contributed by atoms with van der Waals surface area (Å²) in [6, 6.07) is 5.90. The van der Waals surface area contributed by atoms with Crippen LogP contribution in [0.1, 0.15) is 38.5 Å². The molecule has 1 aromatic carbocycles. The van der Waals surface area contributed by atoms with Crippen LogP contribution >= 0.6 is 0 Å². The van der Waals surface area contributed by atoms with E-state index >= 15 is 0 Å². The van der Waals surface area contributed by atoms with Gasteiger partial charge in [-0.25, -0.2) is 9.69 Å². The maximum atomic E-state index is 12.7. The van der Waals surface area contributed by atoms with Crippen LogP contribution in [0.3, 0.4) is 0 Å². The number of hydrogen-bond acceptors (Lipinski definition) is 5. The predicted molar refractivity (Wildman–Crippen MR) is 112 cm³/mol. The van der Waals surface area contributed by atoms with Gasteiger partial charge in [-0.3, -0.25) is 9.59 Å². The molecule has 30 heavy (non-hydrogen) atoms. The number of nitrogens with zero attached hydrogens (tertiary/aromatic N) is 2. The molecule has 8 nitrogen and oxygen atoms in total. The average Bonchev–Trinajstić information content (AvgIpc) is 3.05. The fourth-order valence-corrected chi connectivity index (χ4v) is 4.96. The summed E-state index contributed by atoms with van der Waals surface area (Å²) in [6.07, 6.45) is 5.99. The molecule has 3 atom stereocenters. The van der Waals surface area contributed by atoms with Crippen LogP contribution in [0.15, 0.2) is 24.3 Å². The van der Waals surface area contributed by atoms with Crippen molar-refractivity contribution in [3.05, 3.63) is 24.3 Å². The van der Waals surface area contributed by atoms with Crippen LogP contribution < -0.4 is 20.3 Å². The lowest BCUT2D eigenvalue weighted by Gasteiger charge is -2.44. The molecule has 3 fully saturated rings. The van der Waals surface area contributed by atoms with E-state index in [2.05, 4.69) is 15.5 Å². The van der Waals surface area contributed by atoms with Gasteiger partial charge < -0.3 is 20.3 Å². The third-order valence-electron chi connectivity index (χ3n) is 6.53. The highest BCUT2D eigenvalue weighted by atomic mass is 16.5. The molecule has 0 unspecified atom stereocenters. The molecular formula is C22H30N4O4. The number of carbonyl (C=O) groups is 3. The number of hydrogen-bond donors (Lipinski definition) is 2. The van der Waals surface area contributed by atoms with Crippen LogP contribution in [-0.4, -0.2) is 61.6 Å². The number of nitrogens with one attached hydrogen (secondary N) is 2. The Morgan fingerprint density at radius 3 is 2.67 bits per heavy atom. The van der Waals surface area contributed by atoms with E-state index in [1.807, 2.05) is 0 Å². The van der Waals surface area contributed by atoms with Gasteiger partial charge in [0.1, 0.15) is 11.8 Å². The lowest BCUT2D eigenvalue weighted by molar-refractivity contribution is -0.125. The van der Waals surface area contributed by atoms with Crippen molar-refractivity contribution in [1.82, 2.24) is 15.5 Å². The largest absolute Gasteiger partial charge is 0.497 e. The van der Waals surface area contributed by atoms with E-state index in [1.54, 1.807) is 31.4 Å². The summed E-state index contributed by atoms with van der Waals surface area (Å²) in [4.78, 5) is 41.2. The molecule has 0 bridgehead atoms. The molecule has 3 aliphatic rings. The maximum absolute atomic E-state index is 12.7.